The van der Waals surface area contributed by atoms with Crippen molar-refractivity contribution in [2.75, 3.05) is 7.11 Å². The van der Waals surface area contributed by atoms with Gasteiger partial charge in [0.2, 0.25) is 5.82 Å². The molecule has 0 bridgehead atoms. The molecule has 0 aliphatic rings. The van der Waals surface area contributed by atoms with Gasteiger partial charge >= 0.3 is 12.6 Å². The van der Waals surface area contributed by atoms with Crippen molar-refractivity contribution < 1.29 is 32.3 Å². The molecular weight excluding hydrogens is 362 g/mol. The molecule has 0 N–H and O–H groups in total. The highest BCUT2D eigenvalue weighted by Gasteiger charge is 2.13. The molecule has 3 aromatic rings. The Kier molecular flexibility index (Phi) is 5.60. The van der Waals surface area contributed by atoms with E-state index in [4.69, 9.17) is 14.0 Å². The van der Waals surface area contributed by atoms with Crippen LogP contribution in [0.15, 0.2) is 53.1 Å². The summed E-state index contributed by atoms with van der Waals surface area (Å²) in [6.07, 6.45) is 0. The molecular formula is C18H14F2N2O5. The molecule has 0 radical (unpaired) electrons. The predicted octanol–water partition coefficient (Wildman–Crippen LogP) is 3.70. The fraction of sp³-hybridized carbons (Fsp3) is 0.167. The maximum Gasteiger partial charge on any atom is 0.387 e. The smallest absolute Gasteiger partial charge is 0.387 e. The number of nitrogens with zero attached hydrogens (tertiary/aromatic N) is 2. The predicted molar refractivity (Wildman–Crippen MR) is 88.5 cm³/mol. The van der Waals surface area contributed by atoms with Gasteiger partial charge in [0.15, 0.2) is 6.61 Å². The topological polar surface area (TPSA) is 83.7 Å². The summed E-state index contributed by atoms with van der Waals surface area (Å²) < 4.78 is 43.7. The third-order valence-electron chi connectivity index (χ3n) is 3.44. The molecule has 0 saturated heterocycles. The summed E-state index contributed by atoms with van der Waals surface area (Å²) in [7, 11) is 1.55. The van der Waals surface area contributed by atoms with Crippen LogP contribution in [0.25, 0.3) is 11.4 Å². The lowest BCUT2D eigenvalue weighted by Crippen LogP contribution is -2.06. The molecule has 27 heavy (non-hydrogen) atoms. The van der Waals surface area contributed by atoms with Crippen LogP contribution in [0.2, 0.25) is 0 Å². The minimum Gasteiger partial charge on any atom is -0.497 e. The van der Waals surface area contributed by atoms with Gasteiger partial charge in [-0.2, -0.15) is 13.8 Å². The number of benzene rings is 2. The summed E-state index contributed by atoms with van der Waals surface area (Å²) in [5.41, 5.74) is 0.856. The molecule has 1 heterocycles. The zero-order chi connectivity index (χ0) is 19.2. The number of rotatable bonds is 7. The lowest BCUT2D eigenvalue weighted by Gasteiger charge is -2.05. The third-order valence-corrected chi connectivity index (χ3v) is 3.44. The Hall–Kier alpha value is -3.49. The van der Waals surface area contributed by atoms with E-state index >= 15 is 0 Å². The SMILES string of the molecule is COc1cccc(-c2noc(COC(=O)c3ccc(OC(F)F)cc3)n2)c1. The van der Waals surface area contributed by atoms with E-state index in [9.17, 15) is 13.6 Å². The first-order valence-corrected chi connectivity index (χ1v) is 7.74. The lowest BCUT2D eigenvalue weighted by atomic mass is 10.2. The highest BCUT2D eigenvalue weighted by atomic mass is 19.3. The Morgan fingerprint density at radius 3 is 2.63 bits per heavy atom. The van der Waals surface area contributed by atoms with Crippen LogP contribution in [0, 0.1) is 0 Å². The zero-order valence-corrected chi connectivity index (χ0v) is 14.1. The van der Waals surface area contributed by atoms with Crippen LogP contribution in [-0.2, 0) is 11.3 Å². The maximum absolute atomic E-state index is 12.1. The summed E-state index contributed by atoms with van der Waals surface area (Å²) in [6, 6.07) is 12.2. The molecule has 0 saturated carbocycles. The van der Waals surface area contributed by atoms with Gasteiger partial charge in [-0.05, 0) is 36.4 Å². The normalized spacial score (nSPS) is 10.7. The first-order valence-electron chi connectivity index (χ1n) is 7.74. The third kappa shape index (κ3) is 4.78. The Morgan fingerprint density at radius 1 is 1.15 bits per heavy atom. The second-order valence-corrected chi connectivity index (χ2v) is 5.22. The lowest BCUT2D eigenvalue weighted by molar-refractivity contribution is -0.0498. The summed E-state index contributed by atoms with van der Waals surface area (Å²) in [6.45, 7) is -3.16. The highest BCUT2D eigenvalue weighted by molar-refractivity contribution is 5.89. The molecule has 1 aromatic heterocycles. The number of esters is 1. The standard InChI is InChI=1S/C18H14F2N2O5/c1-24-14-4-2-3-12(9-14)16-21-15(27-22-16)10-25-17(23)11-5-7-13(8-6-11)26-18(19)20/h2-9,18H,10H2,1H3. The minimum atomic E-state index is -2.93. The van der Waals surface area contributed by atoms with E-state index in [0.717, 1.165) is 0 Å². The first kappa shape index (κ1) is 18.3. The van der Waals surface area contributed by atoms with Crippen molar-refractivity contribution >= 4 is 5.97 Å². The second kappa shape index (κ2) is 8.26. The highest BCUT2D eigenvalue weighted by Crippen LogP contribution is 2.21. The van der Waals surface area contributed by atoms with Gasteiger partial charge < -0.3 is 18.7 Å². The average molecular weight is 376 g/mol. The van der Waals surface area contributed by atoms with E-state index in [0.29, 0.717) is 17.1 Å². The molecule has 0 aliphatic heterocycles. The number of halogens is 2. The minimum absolute atomic E-state index is 0.0543. The van der Waals surface area contributed by atoms with Gasteiger partial charge in [-0.15, -0.1) is 0 Å². The summed E-state index contributed by atoms with van der Waals surface area (Å²) in [4.78, 5) is 16.1. The van der Waals surface area contributed by atoms with E-state index in [-0.39, 0.29) is 23.8 Å². The van der Waals surface area contributed by atoms with Gasteiger partial charge in [-0.25, -0.2) is 4.79 Å². The van der Waals surface area contributed by atoms with Crippen molar-refractivity contribution in [3.63, 3.8) is 0 Å². The quantitative estimate of drug-likeness (QED) is 0.581. The van der Waals surface area contributed by atoms with Crippen LogP contribution < -0.4 is 9.47 Å². The van der Waals surface area contributed by atoms with Crippen LogP contribution in [-0.4, -0.2) is 29.8 Å². The van der Waals surface area contributed by atoms with Crippen molar-refractivity contribution in [3.05, 3.63) is 60.0 Å². The molecule has 0 fully saturated rings. The van der Waals surface area contributed by atoms with Crippen molar-refractivity contribution in [2.24, 2.45) is 0 Å². The van der Waals surface area contributed by atoms with Crippen LogP contribution in [0.1, 0.15) is 16.2 Å². The van der Waals surface area contributed by atoms with Crippen molar-refractivity contribution in [1.29, 1.82) is 0 Å². The number of hydrogen-bond donors (Lipinski definition) is 0. The van der Waals surface area contributed by atoms with Gasteiger partial charge in [0, 0.05) is 5.56 Å². The van der Waals surface area contributed by atoms with E-state index in [1.807, 2.05) is 0 Å². The Balaban J connectivity index is 1.60. The molecule has 7 nitrogen and oxygen atoms in total. The van der Waals surface area contributed by atoms with E-state index in [1.54, 1.807) is 31.4 Å². The summed E-state index contributed by atoms with van der Waals surface area (Å²) in [5, 5.41) is 3.83. The second-order valence-electron chi connectivity index (χ2n) is 5.22. The number of carbonyl (C=O) groups excluding carboxylic acids is 1. The van der Waals surface area contributed by atoms with Crippen LogP contribution in [0.4, 0.5) is 8.78 Å². The average Bonchev–Trinajstić information content (AvgIpc) is 3.15. The van der Waals surface area contributed by atoms with E-state index in [1.165, 1.54) is 24.3 Å². The Morgan fingerprint density at radius 2 is 1.93 bits per heavy atom. The molecule has 0 spiro atoms. The molecule has 9 heteroatoms. The van der Waals surface area contributed by atoms with Crippen molar-refractivity contribution in [2.45, 2.75) is 13.2 Å². The van der Waals surface area contributed by atoms with Gasteiger partial charge in [0.1, 0.15) is 11.5 Å². The fourth-order valence-corrected chi connectivity index (χ4v) is 2.18. The largest absolute Gasteiger partial charge is 0.497 e. The molecule has 140 valence electrons. The fourth-order valence-electron chi connectivity index (χ4n) is 2.18. The number of ether oxygens (including phenoxy) is 3. The molecule has 2 aromatic carbocycles. The molecule has 0 amide bonds. The summed E-state index contributed by atoms with van der Waals surface area (Å²) >= 11 is 0. The van der Waals surface area contributed by atoms with Crippen molar-refractivity contribution in [1.82, 2.24) is 10.1 Å². The Bertz CT molecular complexity index is 912. The van der Waals surface area contributed by atoms with E-state index in [2.05, 4.69) is 14.9 Å². The number of alkyl halides is 2. The van der Waals surface area contributed by atoms with Crippen LogP contribution >= 0.6 is 0 Å². The van der Waals surface area contributed by atoms with Gasteiger partial charge in [-0.3, -0.25) is 0 Å². The summed E-state index contributed by atoms with van der Waals surface area (Å²) in [5.74, 6) is 0.359. The number of hydrogen-bond acceptors (Lipinski definition) is 7. The molecule has 0 aliphatic carbocycles. The van der Waals surface area contributed by atoms with Gasteiger partial charge in [0.25, 0.3) is 5.89 Å². The number of aromatic nitrogens is 2. The van der Waals surface area contributed by atoms with Crippen molar-refractivity contribution in [3.8, 4) is 22.9 Å². The number of methoxy groups -OCH3 is 1. The van der Waals surface area contributed by atoms with Gasteiger partial charge in [-0.1, -0.05) is 17.3 Å². The Labute approximate surface area is 152 Å². The maximum atomic E-state index is 12.1. The van der Waals surface area contributed by atoms with Gasteiger partial charge in [0.05, 0.1) is 12.7 Å². The first-order chi connectivity index (χ1) is 13.0. The van der Waals surface area contributed by atoms with Crippen LogP contribution in [0.3, 0.4) is 0 Å². The van der Waals surface area contributed by atoms with Crippen LogP contribution in [0.5, 0.6) is 11.5 Å². The molecule has 3 rings (SSSR count). The zero-order valence-electron chi connectivity index (χ0n) is 14.1. The molecule has 0 unspecified atom stereocenters. The number of carbonyl (C=O) groups is 1. The monoisotopic (exact) mass is 376 g/mol. The van der Waals surface area contributed by atoms with E-state index < -0.39 is 12.6 Å². The molecule has 0 atom stereocenters.